The predicted molar refractivity (Wildman–Crippen MR) is 104 cm³/mol. The Balaban J connectivity index is 1.39. The van der Waals surface area contributed by atoms with Gasteiger partial charge in [-0.15, -0.1) is 0 Å². The van der Waals surface area contributed by atoms with Crippen molar-refractivity contribution in [2.24, 2.45) is 0 Å². The number of furan rings is 1. The zero-order valence-electron chi connectivity index (χ0n) is 15.8. The lowest BCUT2D eigenvalue weighted by Crippen LogP contribution is -2.51. The third kappa shape index (κ3) is 3.53. The lowest BCUT2D eigenvalue weighted by Gasteiger charge is -2.34. The summed E-state index contributed by atoms with van der Waals surface area (Å²) < 4.78 is 5.16. The molecule has 0 radical (unpaired) electrons. The van der Waals surface area contributed by atoms with E-state index in [9.17, 15) is 9.59 Å². The van der Waals surface area contributed by atoms with Crippen molar-refractivity contribution in [1.82, 2.24) is 19.8 Å². The molecule has 8 nitrogen and oxygen atoms in total. The van der Waals surface area contributed by atoms with Crippen molar-refractivity contribution in [3.8, 4) is 0 Å². The molecule has 1 aromatic carbocycles. The minimum atomic E-state index is -0.193. The zero-order chi connectivity index (χ0) is 19.7. The van der Waals surface area contributed by atoms with Gasteiger partial charge in [0.1, 0.15) is 0 Å². The number of carbonyl (C=O) groups is 2. The molecule has 2 aromatic heterocycles. The van der Waals surface area contributed by atoms with Crippen molar-refractivity contribution in [3.63, 3.8) is 0 Å². The molecule has 1 N–H and O–H groups in total. The molecule has 8 heteroatoms. The number of rotatable bonds is 2. The summed E-state index contributed by atoms with van der Waals surface area (Å²) >= 11 is 0. The van der Waals surface area contributed by atoms with E-state index in [0.717, 1.165) is 22.4 Å². The van der Waals surface area contributed by atoms with Gasteiger partial charge in [0.2, 0.25) is 0 Å². The van der Waals surface area contributed by atoms with E-state index in [0.29, 0.717) is 37.6 Å². The SMILES string of the molecule is Cc1nc2ccc(NC(=O)N3CCN(C(=O)c4ccco4)CC3)cc2nc1C. The lowest BCUT2D eigenvalue weighted by atomic mass is 10.2. The molecule has 28 heavy (non-hydrogen) atoms. The maximum Gasteiger partial charge on any atom is 0.321 e. The fourth-order valence-electron chi connectivity index (χ4n) is 3.18. The number of fused-ring (bicyclic) bond motifs is 1. The molecule has 1 fully saturated rings. The van der Waals surface area contributed by atoms with Crippen LogP contribution in [0.4, 0.5) is 10.5 Å². The van der Waals surface area contributed by atoms with Gasteiger partial charge in [-0.25, -0.2) is 14.8 Å². The molecule has 144 valence electrons. The smallest absolute Gasteiger partial charge is 0.321 e. The molecule has 0 bridgehead atoms. The second-order valence-corrected chi connectivity index (χ2v) is 6.78. The number of anilines is 1. The summed E-state index contributed by atoms with van der Waals surface area (Å²) in [5.41, 5.74) is 3.98. The number of hydrogen-bond donors (Lipinski definition) is 1. The molecule has 4 rings (SSSR count). The highest BCUT2D eigenvalue weighted by Crippen LogP contribution is 2.18. The Bertz CT molecular complexity index is 1020. The summed E-state index contributed by atoms with van der Waals surface area (Å²) in [6.45, 7) is 5.70. The average molecular weight is 379 g/mol. The van der Waals surface area contributed by atoms with Gasteiger partial charge >= 0.3 is 6.03 Å². The average Bonchev–Trinajstić information content (AvgIpc) is 3.23. The first-order valence-corrected chi connectivity index (χ1v) is 9.15. The zero-order valence-corrected chi connectivity index (χ0v) is 15.8. The Kier molecular flexibility index (Phi) is 4.68. The van der Waals surface area contributed by atoms with Crippen LogP contribution in [0.15, 0.2) is 41.0 Å². The van der Waals surface area contributed by atoms with Crippen LogP contribution in [0.25, 0.3) is 11.0 Å². The molecular weight excluding hydrogens is 358 g/mol. The highest BCUT2D eigenvalue weighted by atomic mass is 16.3. The normalized spacial score (nSPS) is 14.4. The van der Waals surface area contributed by atoms with E-state index < -0.39 is 0 Å². The maximum absolute atomic E-state index is 12.6. The summed E-state index contributed by atoms with van der Waals surface area (Å²) in [5.74, 6) is 0.171. The van der Waals surface area contributed by atoms with E-state index in [1.807, 2.05) is 32.0 Å². The fourth-order valence-corrected chi connectivity index (χ4v) is 3.18. The van der Waals surface area contributed by atoms with Crippen LogP contribution in [0.2, 0.25) is 0 Å². The molecule has 0 spiro atoms. The van der Waals surface area contributed by atoms with E-state index in [4.69, 9.17) is 4.42 Å². The molecule has 3 heterocycles. The Morgan fingerprint density at radius 2 is 1.64 bits per heavy atom. The standard InChI is InChI=1S/C20H21N5O3/c1-13-14(2)22-17-12-15(5-6-16(17)21-13)23-20(27)25-9-7-24(8-10-25)19(26)18-4-3-11-28-18/h3-6,11-12H,7-10H2,1-2H3,(H,23,27). The van der Waals surface area contributed by atoms with Gasteiger partial charge in [-0.3, -0.25) is 4.79 Å². The lowest BCUT2D eigenvalue weighted by molar-refractivity contribution is 0.0640. The highest BCUT2D eigenvalue weighted by Gasteiger charge is 2.26. The number of nitrogens with zero attached hydrogens (tertiary/aromatic N) is 4. The van der Waals surface area contributed by atoms with Gasteiger partial charge in [0.05, 0.1) is 28.7 Å². The van der Waals surface area contributed by atoms with Gasteiger partial charge in [-0.2, -0.15) is 0 Å². The fraction of sp³-hybridized carbons (Fsp3) is 0.300. The monoisotopic (exact) mass is 379 g/mol. The number of aryl methyl sites for hydroxylation is 2. The quantitative estimate of drug-likeness (QED) is 0.739. The molecule has 3 aromatic rings. The first kappa shape index (κ1) is 18.0. The van der Waals surface area contributed by atoms with Crippen LogP contribution in [0.1, 0.15) is 21.9 Å². The number of hydrogen-bond acceptors (Lipinski definition) is 5. The molecule has 1 aliphatic heterocycles. The molecule has 1 saturated heterocycles. The minimum absolute atomic E-state index is 0.149. The third-order valence-electron chi connectivity index (χ3n) is 4.91. The van der Waals surface area contributed by atoms with Gasteiger partial charge in [0.25, 0.3) is 5.91 Å². The van der Waals surface area contributed by atoms with Crippen molar-refractivity contribution in [2.45, 2.75) is 13.8 Å². The van der Waals surface area contributed by atoms with E-state index in [2.05, 4.69) is 15.3 Å². The second kappa shape index (κ2) is 7.30. The molecule has 0 unspecified atom stereocenters. The predicted octanol–water partition coefficient (Wildman–Crippen LogP) is 2.83. The number of urea groups is 1. The van der Waals surface area contributed by atoms with Crippen molar-refractivity contribution in [1.29, 1.82) is 0 Å². The van der Waals surface area contributed by atoms with Gasteiger partial charge < -0.3 is 19.5 Å². The number of aromatic nitrogens is 2. The first-order chi connectivity index (χ1) is 13.5. The van der Waals surface area contributed by atoms with E-state index in [1.165, 1.54) is 6.26 Å². The molecular formula is C20H21N5O3. The second-order valence-electron chi connectivity index (χ2n) is 6.78. The summed E-state index contributed by atoms with van der Waals surface area (Å²) in [4.78, 5) is 37.3. The topological polar surface area (TPSA) is 91.6 Å². The molecule has 0 atom stereocenters. The van der Waals surface area contributed by atoms with E-state index in [-0.39, 0.29) is 11.9 Å². The number of amides is 3. The number of carbonyl (C=O) groups excluding carboxylic acids is 2. The van der Waals surface area contributed by atoms with Crippen LogP contribution in [0.3, 0.4) is 0 Å². The van der Waals surface area contributed by atoms with Crippen molar-refractivity contribution >= 4 is 28.7 Å². The Labute approximate surface area is 162 Å². The van der Waals surface area contributed by atoms with Crippen molar-refractivity contribution < 1.29 is 14.0 Å². The number of piperazine rings is 1. The Morgan fingerprint density at radius 1 is 0.964 bits per heavy atom. The summed E-state index contributed by atoms with van der Waals surface area (Å²) in [7, 11) is 0. The molecule has 1 aliphatic rings. The van der Waals surface area contributed by atoms with E-state index >= 15 is 0 Å². The maximum atomic E-state index is 12.6. The van der Waals surface area contributed by atoms with Gasteiger partial charge in [-0.05, 0) is 44.2 Å². The number of nitrogens with one attached hydrogen (secondary N) is 1. The third-order valence-corrected chi connectivity index (χ3v) is 4.91. The molecule has 0 saturated carbocycles. The van der Waals surface area contributed by atoms with Crippen molar-refractivity contribution in [3.05, 3.63) is 53.7 Å². The first-order valence-electron chi connectivity index (χ1n) is 9.15. The van der Waals surface area contributed by atoms with Crippen LogP contribution in [-0.4, -0.2) is 57.9 Å². The van der Waals surface area contributed by atoms with Crippen LogP contribution in [-0.2, 0) is 0 Å². The molecule has 0 aliphatic carbocycles. The van der Waals surface area contributed by atoms with E-state index in [1.54, 1.807) is 21.9 Å². The summed E-state index contributed by atoms with van der Waals surface area (Å²) in [6, 6.07) is 8.64. The Morgan fingerprint density at radius 3 is 2.32 bits per heavy atom. The number of benzene rings is 1. The van der Waals surface area contributed by atoms with Gasteiger partial charge in [0.15, 0.2) is 5.76 Å². The largest absolute Gasteiger partial charge is 0.459 e. The summed E-state index contributed by atoms with van der Waals surface area (Å²) in [5, 5.41) is 2.91. The van der Waals surface area contributed by atoms with Crippen LogP contribution in [0, 0.1) is 13.8 Å². The van der Waals surface area contributed by atoms with Crippen LogP contribution < -0.4 is 5.32 Å². The van der Waals surface area contributed by atoms with Crippen LogP contribution >= 0.6 is 0 Å². The molecule has 3 amide bonds. The van der Waals surface area contributed by atoms with Crippen LogP contribution in [0.5, 0.6) is 0 Å². The van der Waals surface area contributed by atoms with Gasteiger partial charge in [-0.1, -0.05) is 0 Å². The highest BCUT2D eigenvalue weighted by molar-refractivity contribution is 5.93. The van der Waals surface area contributed by atoms with Gasteiger partial charge in [0, 0.05) is 31.9 Å². The van der Waals surface area contributed by atoms with Crippen molar-refractivity contribution in [2.75, 3.05) is 31.5 Å². The Hall–Kier alpha value is -3.42. The summed E-state index contributed by atoms with van der Waals surface area (Å²) in [6.07, 6.45) is 1.48. The minimum Gasteiger partial charge on any atom is -0.459 e.